The summed E-state index contributed by atoms with van der Waals surface area (Å²) in [4.78, 5) is 7.24. The largest absolute Gasteiger partial charge is 0.385 e. The monoisotopic (exact) mass is 410 g/mol. The molecule has 3 saturated heterocycles. The van der Waals surface area contributed by atoms with Crippen molar-refractivity contribution in [3.8, 4) is 5.82 Å². The molecule has 3 fully saturated rings. The number of ether oxygens (including phenoxy) is 2. The summed E-state index contributed by atoms with van der Waals surface area (Å²) >= 11 is 0. The number of aromatic amines is 1. The minimum absolute atomic E-state index is 0.116. The van der Waals surface area contributed by atoms with E-state index in [9.17, 15) is 5.11 Å². The summed E-state index contributed by atoms with van der Waals surface area (Å²) < 4.78 is 13.4. The summed E-state index contributed by atoms with van der Waals surface area (Å²) in [5, 5.41) is 24.3. The fourth-order valence-corrected chi connectivity index (χ4v) is 5.27. The van der Waals surface area contributed by atoms with Crippen LogP contribution in [-0.4, -0.2) is 68.1 Å². The van der Waals surface area contributed by atoms with Crippen molar-refractivity contribution >= 4 is 16.9 Å². The summed E-state index contributed by atoms with van der Waals surface area (Å²) in [5.41, 5.74) is 0.669. The van der Waals surface area contributed by atoms with Gasteiger partial charge in [0.25, 0.3) is 0 Å². The quantitative estimate of drug-likeness (QED) is 0.680. The molecule has 9 nitrogen and oxygen atoms in total. The van der Waals surface area contributed by atoms with Crippen molar-refractivity contribution in [1.29, 1.82) is 0 Å². The van der Waals surface area contributed by atoms with Crippen LogP contribution in [0.2, 0.25) is 0 Å². The maximum Gasteiger partial charge on any atom is 0.167 e. The van der Waals surface area contributed by atoms with Crippen molar-refractivity contribution < 1.29 is 14.6 Å². The molecule has 9 heteroatoms. The number of H-pyrrole nitrogens is 1. The average molecular weight is 410 g/mol. The molecule has 0 spiro atoms. The molecule has 1 unspecified atom stereocenters. The van der Waals surface area contributed by atoms with Gasteiger partial charge in [0.1, 0.15) is 5.82 Å². The van der Waals surface area contributed by atoms with Crippen LogP contribution in [0.3, 0.4) is 0 Å². The zero-order valence-electron chi connectivity index (χ0n) is 17.0. The Hall–Kier alpha value is -2.49. The first-order chi connectivity index (χ1) is 14.6. The van der Waals surface area contributed by atoms with Crippen molar-refractivity contribution in [1.82, 2.24) is 25.0 Å². The van der Waals surface area contributed by atoms with Crippen LogP contribution in [0.25, 0.3) is 16.9 Å². The second-order valence-corrected chi connectivity index (χ2v) is 8.78. The Bertz CT molecular complexity index is 1050. The highest BCUT2D eigenvalue weighted by Crippen LogP contribution is 2.46. The van der Waals surface area contributed by atoms with Crippen LogP contribution in [0, 0.1) is 0 Å². The number of rotatable bonds is 3. The normalized spacial score (nSPS) is 31.5. The van der Waals surface area contributed by atoms with Gasteiger partial charge in [-0.05, 0) is 31.4 Å². The summed E-state index contributed by atoms with van der Waals surface area (Å²) in [5.74, 6) is 1.59. The third-order valence-electron chi connectivity index (χ3n) is 6.73. The van der Waals surface area contributed by atoms with E-state index in [2.05, 4.69) is 33.2 Å². The number of pyridine rings is 1. The molecule has 4 atom stereocenters. The number of nitrogens with zero attached hydrogens (tertiary/aromatic N) is 5. The fourth-order valence-electron chi connectivity index (χ4n) is 5.27. The molecule has 3 aromatic rings. The SMILES string of the molecule is C[C@@H]1COCCN1c1cc(C2(O)C[C@H]3CC[C@@H](C2)O3)c2cnn(-c3ccn[nH]3)c2n1. The molecule has 0 aliphatic carbocycles. The minimum Gasteiger partial charge on any atom is -0.385 e. The first kappa shape index (κ1) is 18.3. The zero-order chi connectivity index (χ0) is 20.3. The van der Waals surface area contributed by atoms with E-state index in [1.165, 1.54) is 0 Å². The van der Waals surface area contributed by atoms with Crippen LogP contribution in [0.15, 0.2) is 24.5 Å². The molecule has 3 aromatic heterocycles. The van der Waals surface area contributed by atoms with Crippen molar-refractivity contribution in [2.75, 3.05) is 24.7 Å². The molecule has 0 radical (unpaired) electrons. The van der Waals surface area contributed by atoms with Gasteiger partial charge in [0.05, 0.1) is 49.5 Å². The van der Waals surface area contributed by atoms with E-state index in [1.807, 2.05) is 6.07 Å². The molecule has 0 amide bonds. The lowest BCUT2D eigenvalue weighted by atomic mass is 9.82. The molecule has 158 valence electrons. The summed E-state index contributed by atoms with van der Waals surface area (Å²) in [6.07, 6.45) is 6.98. The highest BCUT2D eigenvalue weighted by Gasteiger charge is 2.46. The highest BCUT2D eigenvalue weighted by atomic mass is 16.5. The number of aliphatic hydroxyl groups is 1. The lowest BCUT2D eigenvalue weighted by Gasteiger charge is -2.39. The van der Waals surface area contributed by atoms with Crippen LogP contribution in [-0.2, 0) is 15.1 Å². The van der Waals surface area contributed by atoms with E-state index in [0.29, 0.717) is 26.1 Å². The number of anilines is 1. The lowest BCUT2D eigenvalue weighted by Crippen LogP contribution is -2.44. The van der Waals surface area contributed by atoms with Crippen LogP contribution < -0.4 is 4.90 Å². The van der Waals surface area contributed by atoms with Gasteiger partial charge < -0.3 is 19.5 Å². The first-order valence-electron chi connectivity index (χ1n) is 10.7. The van der Waals surface area contributed by atoms with E-state index in [1.54, 1.807) is 17.1 Å². The van der Waals surface area contributed by atoms with Gasteiger partial charge in [-0.3, -0.25) is 5.10 Å². The van der Waals surface area contributed by atoms with Gasteiger partial charge in [0, 0.05) is 30.8 Å². The van der Waals surface area contributed by atoms with Crippen LogP contribution in [0.5, 0.6) is 0 Å². The van der Waals surface area contributed by atoms with E-state index in [0.717, 1.165) is 47.6 Å². The van der Waals surface area contributed by atoms with E-state index in [-0.39, 0.29) is 18.2 Å². The van der Waals surface area contributed by atoms with Crippen molar-refractivity contribution in [2.24, 2.45) is 0 Å². The van der Waals surface area contributed by atoms with Gasteiger partial charge in [0.2, 0.25) is 0 Å². The topological polar surface area (TPSA) is 101 Å². The molecule has 3 aliphatic rings. The molecule has 6 rings (SSSR count). The Kier molecular flexibility index (Phi) is 4.12. The molecular formula is C21H26N6O3. The second kappa shape index (κ2) is 6.76. The Morgan fingerprint density at radius 1 is 1.27 bits per heavy atom. The minimum atomic E-state index is -0.947. The van der Waals surface area contributed by atoms with E-state index < -0.39 is 5.60 Å². The van der Waals surface area contributed by atoms with E-state index >= 15 is 0 Å². The van der Waals surface area contributed by atoms with Gasteiger partial charge >= 0.3 is 0 Å². The number of morpholine rings is 1. The predicted octanol–water partition coefficient (Wildman–Crippen LogP) is 1.90. The Morgan fingerprint density at radius 3 is 2.83 bits per heavy atom. The standard InChI is InChI=1S/C21H26N6O3/c1-13-12-29-7-6-26(13)19-8-17(21(28)9-14-2-3-15(10-21)30-14)16-11-23-27(20(16)24-19)18-4-5-22-25-18/h4-5,8,11,13-15,28H,2-3,6-7,9-10,12H2,1H3,(H,22,25)/t13-,14-,15+,21?/m1/s1. The number of nitrogens with one attached hydrogen (secondary N) is 1. The second-order valence-electron chi connectivity index (χ2n) is 8.78. The summed E-state index contributed by atoms with van der Waals surface area (Å²) in [6, 6.07) is 4.13. The molecule has 2 N–H and O–H groups in total. The van der Waals surface area contributed by atoms with Crippen LogP contribution >= 0.6 is 0 Å². The molecule has 6 heterocycles. The third-order valence-corrected chi connectivity index (χ3v) is 6.73. The number of hydrogen-bond donors (Lipinski definition) is 2. The maximum absolute atomic E-state index is 11.8. The van der Waals surface area contributed by atoms with Gasteiger partial charge in [0.15, 0.2) is 11.5 Å². The maximum atomic E-state index is 11.8. The molecule has 3 aliphatic heterocycles. The molecular weight excluding hydrogens is 384 g/mol. The Labute approximate surface area is 174 Å². The number of hydrogen-bond acceptors (Lipinski definition) is 7. The summed E-state index contributed by atoms with van der Waals surface area (Å²) in [6.45, 7) is 4.24. The van der Waals surface area contributed by atoms with Crippen LogP contribution in [0.4, 0.5) is 5.82 Å². The number of fused-ring (bicyclic) bond motifs is 3. The lowest BCUT2D eigenvalue weighted by molar-refractivity contribution is -0.114. The molecule has 30 heavy (non-hydrogen) atoms. The molecule has 0 saturated carbocycles. The van der Waals surface area contributed by atoms with Crippen LogP contribution in [0.1, 0.15) is 38.2 Å². The van der Waals surface area contributed by atoms with E-state index in [4.69, 9.17) is 14.5 Å². The highest BCUT2D eigenvalue weighted by molar-refractivity contribution is 5.83. The fraction of sp³-hybridized carbons (Fsp3) is 0.571. The molecule has 0 aromatic carbocycles. The summed E-state index contributed by atoms with van der Waals surface area (Å²) in [7, 11) is 0. The smallest absolute Gasteiger partial charge is 0.167 e. The van der Waals surface area contributed by atoms with Gasteiger partial charge in [-0.1, -0.05) is 0 Å². The van der Waals surface area contributed by atoms with Gasteiger partial charge in [-0.2, -0.15) is 14.9 Å². The molecule has 2 bridgehead atoms. The van der Waals surface area contributed by atoms with Crippen molar-refractivity contribution in [2.45, 2.75) is 56.5 Å². The van der Waals surface area contributed by atoms with Crippen molar-refractivity contribution in [3.05, 3.63) is 30.1 Å². The zero-order valence-corrected chi connectivity index (χ0v) is 17.0. The number of aromatic nitrogens is 5. The third kappa shape index (κ3) is 2.84. The van der Waals surface area contributed by atoms with Gasteiger partial charge in [-0.15, -0.1) is 0 Å². The van der Waals surface area contributed by atoms with Crippen molar-refractivity contribution in [3.63, 3.8) is 0 Å². The predicted molar refractivity (Wildman–Crippen MR) is 110 cm³/mol. The average Bonchev–Trinajstić information content (AvgIpc) is 3.47. The first-order valence-corrected chi connectivity index (χ1v) is 10.7. The Morgan fingerprint density at radius 2 is 2.10 bits per heavy atom. The Balaban J connectivity index is 1.54. The van der Waals surface area contributed by atoms with Gasteiger partial charge in [-0.25, -0.2) is 4.98 Å².